The number of aromatic nitrogens is 2. The van der Waals surface area contributed by atoms with Crippen LogP contribution in [0.25, 0.3) is 0 Å². The fraction of sp³-hybridized carbons (Fsp3) is 0.154. The molecule has 0 aliphatic carbocycles. The molecule has 2 aromatic rings. The number of amides is 1. The topological polar surface area (TPSA) is 70.7 Å². The Balaban J connectivity index is 2.18. The molecule has 90 valence electrons. The first-order chi connectivity index (χ1) is 8.72. The summed E-state index contributed by atoms with van der Waals surface area (Å²) < 4.78 is 1.54. The van der Waals surface area contributed by atoms with Gasteiger partial charge < -0.3 is 5.32 Å². The highest BCUT2D eigenvalue weighted by molar-refractivity contribution is 5.97. The highest BCUT2D eigenvalue weighted by Gasteiger charge is 2.20. The third kappa shape index (κ3) is 2.38. The maximum Gasteiger partial charge on any atom is 0.247 e. The number of carbonyl (C=O) groups is 1. The van der Waals surface area contributed by atoms with Gasteiger partial charge in [0.2, 0.25) is 5.91 Å². The summed E-state index contributed by atoms with van der Waals surface area (Å²) in [6.45, 7) is 0. The molecule has 1 N–H and O–H groups in total. The Hall–Kier alpha value is -2.61. The van der Waals surface area contributed by atoms with Crippen LogP contribution in [0, 0.1) is 11.3 Å². The van der Waals surface area contributed by atoms with Crippen LogP contribution in [0.15, 0.2) is 42.6 Å². The van der Waals surface area contributed by atoms with E-state index in [9.17, 15) is 4.79 Å². The molecule has 0 saturated carbocycles. The van der Waals surface area contributed by atoms with Gasteiger partial charge in [-0.3, -0.25) is 9.48 Å². The second-order valence-corrected chi connectivity index (χ2v) is 3.80. The average Bonchev–Trinajstić information content (AvgIpc) is 2.77. The molecule has 1 unspecified atom stereocenters. The first-order valence-electron chi connectivity index (χ1n) is 5.46. The van der Waals surface area contributed by atoms with E-state index in [2.05, 4.69) is 10.4 Å². The number of hydrogen-bond acceptors (Lipinski definition) is 3. The maximum atomic E-state index is 12.0. The van der Waals surface area contributed by atoms with Crippen molar-refractivity contribution in [3.05, 3.63) is 48.2 Å². The Kier molecular flexibility index (Phi) is 3.39. The molecule has 0 aliphatic rings. The Morgan fingerprint density at radius 2 is 2.11 bits per heavy atom. The number of carbonyl (C=O) groups excluding carboxylic acids is 1. The molecule has 0 radical (unpaired) electrons. The summed E-state index contributed by atoms with van der Waals surface area (Å²) in [5.41, 5.74) is 0.680. The monoisotopic (exact) mass is 240 g/mol. The maximum absolute atomic E-state index is 12.0. The van der Waals surface area contributed by atoms with Gasteiger partial charge in [0.15, 0.2) is 5.92 Å². The van der Waals surface area contributed by atoms with Gasteiger partial charge in [0, 0.05) is 13.1 Å². The second-order valence-electron chi connectivity index (χ2n) is 3.80. The molecule has 2 rings (SSSR count). The van der Waals surface area contributed by atoms with Crippen molar-refractivity contribution in [1.29, 1.82) is 5.26 Å². The van der Waals surface area contributed by atoms with Crippen LogP contribution in [0.4, 0.5) is 5.82 Å². The predicted molar refractivity (Wildman–Crippen MR) is 66.6 cm³/mol. The number of benzene rings is 1. The van der Waals surface area contributed by atoms with Gasteiger partial charge in [-0.25, -0.2) is 0 Å². The van der Waals surface area contributed by atoms with Crippen molar-refractivity contribution < 1.29 is 4.79 Å². The van der Waals surface area contributed by atoms with E-state index in [1.807, 2.05) is 12.1 Å². The van der Waals surface area contributed by atoms with Gasteiger partial charge in [0.1, 0.15) is 5.82 Å². The molecule has 5 nitrogen and oxygen atoms in total. The van der Waals surface area contributed by atoms with Crippen LogP contribution in [-0.4, -0.2) is 15.7 Å². The number of aryl methyl sites for hydroxylation is 1. The zero-order valence-electron chi connectivity index (χ0n) is 9.87. The van der Waals surface area contributed by atoms with Crippen LogP contribution in [0.1, 0.15) is 11.5 Å². The number of rotatable bonds is 3. The van der Waals surface area contributed by atoms with E-state index >= 15 is 0 Å². The van der Waals surface area contributed by atoms with E-state index in [4.69, 9.17) is 5.26 Å². The van der Waals surface area contributed by atoms with Crippen molar-refractivity contribution in [1.82, 2.24) is 9.78 Å². The number of nitriles is 1. The third-order valence-electron chi connectivity index (χ3n) is 2.60. The van der Waals surface area contributed by atoms with Crippen molar-refractivity contribution >= 4 is 11.7 Å². The summed E-state index contributed by atoms with van der Waals surface area (Å²) in [6.07, 6.45) is 1.58. The summed E-state index contributed by atoms with van der Waals surface area (Å²) in [7, 11) is 1.72. The zero-order chi connectivity index (χ0) is 13.0. The van der Waals surface area contributed by atoms with Crippen molar-refractivity contribution in [2.45, 2.75) is 5.92 Å². The standard InChI is InChI=1S/C13H12N4O/c1-17-12(7-8-15-17)16-13(18)11(9-14)10-5-3-2-4-6-10/h2-8,11H,1H3,(H,16,18). The third-order valence-corrected chi connectivity index (χ3v) is 2.60. The fourth-order valence-corrected chi connectivity index (χ4v) is 1.62. The molecule has 1 amide bonds. The van der Waals surface area contributed by atoms with Gasteiger partial charge in [-0.15, -0.1) is 0 Å². The molecule has 5 heteroatoms. The van der Waals surface area contributed by atoms with Crippen molar-refractivity contribution in [2.24, 2.45) is 7.05 Å². The van der Waals surface area contributed by atoms with E-state index in [0.717, 1.165) is 0 Å². The summed E-state index contributed by atoms with van der Waals surface area (Å²) in [4.78, 5) is 12.0. The second kappa shape index (κ2) is 5.15. The highest BCUT2D eigenvalue weighted by Crippen LogP contribution is 2.17. The minimum Gasteiger partial charge on any atom is -0.309 e. The first-order valence-corrected chi connectivity index (χ1v) is 5.46. The molecule has 0 spiro atoms. The van der Waals surface area contributed by atoms with E-state index in [-0.39, 0.29) is 5.91 Å². The number of nitrogens with zero attached hydrogens (tertiary/aromatic N) is 3. The summed E-state index contributed by atoms with van der Waals surface area (Å²) in [5.74, 6) is -0.607. The molecule has 1 aromatic carbocycles. The molecular weight excluding hydrogens is 228 g/mol. The Morgan fingerprint density at radius 3 is 2.67 bits per heavy atom. The molecule has 1 atom stereocenters. The Labute approximate surface area is 105 Å². The van der Waals surface area contributed by atoms with Gasteiger partial charge in [-0.1, -0.05) is 30.3 Å². The lowest BCUT2D eigenvalue weighted by molar-refractivity contribution is -0.116. The first kappa shape index (κ1) is 11.9. The van der Waals surface area contributed by atoms with Crippen LogP contribution in [0.5, 0.6) is 0 Å². The van der Waals surface area contributed by atoms with E-state index in [1.165, 1.54) is 4.68 Å². The number of nitrogens with one attached hydrogen (secondary N) is 1. The predicted octanol–water partition coefficient (Wildman–Crippen LogP) is 1.67. The lowest BCUT2D eigenvalue weighted by Gasteiger charge is -2.10. The molecule has 0 bridgehead atoms. The van der Waals surface area contributed by atoms with Crippen LogP contribution in [-0.2, 0) is 11.8 Å². The minimum atomic E-state index is -0.818. The Bertz CT molecular complexity index is 583. The zero-order valence-corrected chi connectivity index (χ0v) is 9.87. The molecule has 1 aromatic heterocycles. The summed E-state index contributed by atoms with van der Waals surface area (Å²) in [6, 6.07) is 12.7. The molecular formula is C13H12N4O. The van der Waals surface area contributed by atoms with Gasteiger partial charge >= 0.3 is 0 Å². The van der Waals surface area contributed by atoms with Crippen LogP contribution in [0.3, 0.4) is 0 Å². The summed E-state index contributed by atoms with van der Waals surface area (Å²) in [5, 5.41) is 15.7. The average molecular weight is 240 g/mol. The quantitative estimate of drug-likeness (QED) is 0.887. The lowest BCUT2D eigenvalue weighted by atomic mass is 10.00. The van der Waals surface area contributed by atoms with Gasteiger partial charge in [-0.2, -0.15) is 10.4 Å². The smallest absolute Gasteiger partial charge is 0.247 e. The number of anilines is 1. The van der Waals surface area contributed by atoms with Gasteiger partial charge in [0.25, 0.3) is 0 Å². The largest absolute Gasteiger partial charge is 0.309 e. The molecule has 0 aliphatic heterocycles. The van der Waals surface area contributed by atoms with E-state index in [0.29, 0.717) is 11.4 Å². The lowest BCUT2D eigenvalue weighted by Crippen LogP contribution is -2.21. The van der Waals surface area contributed by atoms with Crippen LogP contribution >= 0.6 is 0 Å². The molecule has 0 saturated heterocycles. The van der Waals surface area contributed by atoms with E-state index in [1.54, 1.807) is 43.6 Å². The molecule has 0 fully saturated rings. The number of hydrogen-bond donors (Lipinski definition) is 1. The van der Waals surface area contributed by atoms with Gasteiger partial charge in [-0.05, 0) is 5.56 Å². The molecule has 1 heterocycles. The van der Waals surface area contributed by atoms with Crippen molar-refractivity contribution in [2.75, 3.05) is 5.32 Å². The fourth-order valence-electron chi connectivity index (χ4n) is 1.62. The van der Waals surface area contributed by atoms with Crippen molar-refractivity contribution in [3.63, 3.8) is 0 Å². The highest BCUT2D eigenvalue weighted by atomic mass is 16.2. The Morgan fingerprint density at radius 1 is 1.39 bits per heavy atom. The van der Waals surface area contributed by atoms with Crippen LogP contribution in [0.2, 0.25) is 0 Å². The normalized spacial score (nSPS) is 11.6. The molecule has 18 heavy (non-hydrogen) atoms. The van der Waals surface area contributed by atoms with Crippen LogP contribution < -0.4 is 5.32 Å². The minimum absolute atomic E-state index is 0.354. The van der Waals surface area contributed by atoms with E-state index < -0.39 is 5.92 Å². The summed E-state index contributed by atoms with van der Waals surface area (Å²) >= 11 is 0. The van der Waals surface area contributed by atoms with Gasteiger partial charge in [0.05, 0.1) is 12.3 Å². The van der Waals surface area contributed by atoms with Crippen molar-refractivity contribution in [3.8, 4) is 6.07 Å². The SMILES string of the molecule is Cn1nccc1NC(=O)C(C#N)c1ccccc1.